The lowest BCUT2D eigenvalue weighted by Crippen LogP contribution is -2.29. The van der Waals surface area contributed by atoms with Crippen LogP contribution in [0.3, 0.4) is 0 Å². The first kappa shape index (κ1) is 13.8. The SMILES string of the molecule is CCC(O)(CC)CSc1nnc(CO)n1C1CC1. The van der Waals surface area contributed by atoms with Crippen LogP contribution in [-0.4, -0.2) is 36.3 Å². The third-order valence-corrected chi connectivity index (χ3v) is 4.79. The van der Waals surface area contributed by atoms with Crippen LogP contribution in [0.4, 0.5) is 0 Å². The number of aliphatic hydroxyl groups excluding tert-OH is 1. The minimum absolute atomic E-state index is 0.0735. The van der Waals surface area contributed by atoms with Crippen LogP contribution in [0.15, 0.2) is 5.16 Å². The first-order valence-electron chi connectivity index (χ1n) is 6.53. The van der Waals surface area contributed by atoms with Gasteiger partial charge < -0.3 is 14.8 Å². The minimum Gasteiger partial charge on any atom is -0.389 e. The number of hydrogen-bond acceptors (Lipinski definition) is 5. The largest absolute Gasteiger partial charge is 0.389 e. The second kappa shape index (κ2) is 5.59. The van der Waals surface area contributed by atoms with E-state index in [2.05, 4.69) is 10.2 Å². The molecule has 0 aromatic carbocycles. The first-order chi connectivity index (χ1) is 8.63. The molecule has 1 aliphatic carbocycles. The highest BCUT2D eigenvalue weighted by Crippen LogP contribution is 2.39. The molecule has 0 bridgehead atoms. The van der Waals surface area contributed by atoms with Gasteiger partial charge in [0.2, 0.25) is 0 Å². The molecule has 0 atom stereocenters. The minimum atomic E-state index is -0.635. The zero-order valence-electron chi connectivity index (χ0n) is 11.0. The van der Waals surface area contributed by atoms with Gasteiger partial charge in [-0.2, -0.15) is 0 Å². The molecule has 2 N–H and O–H groups in total. The van der Waals surface area contributed by atoms with Gasteiger partial charge in [0.25, 0.3) is 0 Å². The molecule has 1 fully saturated rings. The van der Waals surface area contributed by atoms with Crippen molar-refractivity contribution < 1.29 is 10.2 Å². The molecule has 102 valence electrons. The van der Waals surface area contributed by atoms with Crippen molar-refractivity contribution in [3.63, 3.8) is 0 Å². The van der Waals surface area contributed by atoms with Crippen LogP contribution in [0.25, 0.3) is 0 Å². The Morgan fingerprint density at radius 3 is 2.50 bits per heavy atom. The Morgan fingerprint density at radius 1 is 1.33 bits per heavy atom. The highest BCUT2D eigenvalue weighted by atomic mass is 32.2. The molecule has 0 unspecified atom stereocenters. The zero-order chi connectivity index (χ0) is 13.2. The van der Waals surface area contributed by atoms with E-state index in [0.29, 0.717) is 17.6 Å². The molecule has 5 nitrogen and oxygen atoms in total. The Balaban J connectivity index is 2.07. The molecule has 0 radical (unpaired) electrons. The van der Waals surface area contributed by atoms with Gasteiger partial charge in [-0.1, -0.05) is 25.6 Å². The normalized spacial score (nSPS) is 16.2. The van der Waals surface area contributed by atoms with E-state index in [0.717, 1.165) is 30.8 Å². The van der Waals surface area contributed by atoms with Gasteiger partial charge in [0.1, 0.15) is 6.61 Å². The summed E-state index contributed by atoms with van der Waals surface area (Å²) in [4.78, 5) is 0. The summed E-state index contributed by atoms with van der Waals surface area (Å²) in [5.41, 5.74) is -0.635. The predicted octanol–water partition coefficient (Wildman–Crippen LogP) is 1.75. The van der Waals surface area contributed by atoms with Crippen molar-refractivity contribution in [2.24, 2.45) is 0 Å². The number of aliphatic hydroxyl groups is 2. The summed E-state index contributed by atoms with van der Waals surface area (Å²) in [6.45, 7) is 3.92. The predicted molar refractivity (Wildman–Crippen MR) is 70.5 cm³/mol. The summed E-state index contributed by atoms with van der Waals surface area (Å²) in [6.07, 6.45) is 3.73. The maximum atomic E-state index is 10.3. The van der Waals surface area contributed by atoms with Crippen LogP contribution in [0, 0.1) is 0 Å². The number of aromatic nitrogens is 3. The van der Waals surface area contributed by atoms with Crippen LogP contribution in [-0.2, 0) is 6.61 Å². The number of hydrogen-bond donors (Lipinski definition) is 2. The quantitative estimate of drug-likeness (QED) is 0.739. The topological polar surface area (TPSA) is 71.2 Å². The second-order valence-corrected chi connectivity index (χ2v) is 5.82. The molecule has 6 heteroatoms. The lowest BCUT2D eigenvalue weighted by molar-refractivity contribution is 0.0571. The van der Waals surface area contributed by atoms with E-state index >= 15 is 0 Å². The molecule has 1 aromatic rings. The lowest BCUT2D eigenvalue weighted by Gasteiger charge is -2.24. The van der Waals surface area contributed by atoms with Crippen LogP contribution in [0.1, 0.15) is 51.4 Å². The van der Waals surface area contributed by atoms with E-state index in [9.17, 15) is 10.2 Å². The van der Waals surface area contributed by atoms with Gasteiger partial charge in [-0.3, -0.25) is 0 Å². The second-order valence-electron chi connectivity index (χ2n) is 4.88. The fourth-order valence-electron chi connectivity index (χ4n) is 1.87. The van der Waals surface area contributed by atoms with Gasteiger partial charge in [0.05, 0.1) is 5.60 Å². The molecule has 0 spiro atoms. The molecule has 1 aliphatic rings. The average molecular weight is 271 g/mol. The van der Waals surface area contributed by atoms with E-state index in [-0.39, 0.29) is 6.61 Å². The monoisotopic (exact) mass is 271 g/mol. The molecule has 2 rings (SSSR count). The van der Waals surface area contributed by atoms with Gasteiger partial charge in [0.15, 0.2) is 11.0 Å². The maximum Gasteiger partial charge on any atom is 0.191 e. The number of nitrogens with zero attached hydrogens (tertiary/aromatic N) is 3. The Morgan fingerprint density at radius 2 is 2.00 bits per heavy atom. The molecular formula is C12H21N3O2S. The molecule has 1 heterocycles. The molecule has 0 amide bonds. The Hall–Kier alpha value is -0.590. The number of thioether (sulfide) groups is 1. The van der Waals surface area contributed by atoms with E-state index in [4.69, 9.17) is 0 Å². The zero-order valence-corrected chi connectivity index (χ0v) is 11.8. The maximum absolute atomic E-state index is 10.3. The van der Waals surface area contributed by atoms with Crippen molar-refractivity contribution in [3.05, 3.63) is 5.82 Å². The summed E-state index contributed by atoms with van der Waals surface area (Å²) in [5, 5.41) is 28.5. The molecule has 18 heavy (non-hydrogen) atoms. The van der Waals surface area contributed by atoms with E-state index in [1.54, 1.807) is 0 Å². The van der Waals surface area contributed by atoms with Crippen molar-refractivity contribution in [1.82, 2.24) is 14.8 Å². The average Bonchev–Trinajstić information content (AvgIpc) is 3.16. The van der Waals surface area contributed by atoms with Crippen molar-refractivity contribution in [3.8, 4) is 0 Å². The van der Waals surface area contributed by atoms with Crippen molar-refractivity contribution in [2.45, 2.75) is 62.9 Å². The van der Waals surface area contributed by atoms with Gasteiger partial charge in [-0.25, -0.2) is 0 Å². The fourth-order valence-corrected chi connectivity index (χ4v) is 3.16. The molecule has 0 aliphatic heterocycles. The summed E-state index contributed by atoms with van der Waals surface area (Å²) in [6, 6.07) is 0.445. The third-order valence-electron chi connectivity index (χ3n) is 3.57. The van der Waals surface area contributed by atoms with Crippen LogP contribution in [0.5, 0.6) is 0 Å². The molecule has 0 saturated heterocycles. The Bertz CT molecular complexity index is 400. The Kier molecular flexibility index (Phi) is 4.29. The first-order valence-corrected chi connectivity index (χ1v) is 7.52. The number of rotatable bonds is 7. The van der Waals surface area contributed by atoms with Crippen molar-refractivity contribution in [1.29, 1.82) is 0 Å². The van der Waals surface area contributed by atoms with Gasteiger partial charge in [0, 0.05) is 11.8 Å². The molecule has 1 aromatic heterocycles. The summed E-state index contributed by atoms with van der Waals surface area (Å²) in [5.74, 6) is 1.26. The van der Waals surface area contributed by atoms with E-state index in [1.807, 2.05) is 18.4 Å². The van der Waals surface area contributed by atoms with Gasteiger partial charge in [-0.15, -0.1) is 10.2 Å². The van der Waals surface area contributed by atoms with Crippen LogP contribution >= 0.6 is 11.8 Å². The van der Waals surface area contributed by atoms with Crippen molar-refractivity contribution in [2.75, 3.05) is 5.75 Å². The standard InChI is InChI=1S/C12H21N3O2S/c1-3-12(17,4-2)8-18-11-14-13-10(7-16)15(11)9-5-6-9/h9,16-17H,3-8H2,1-2H3. The van der Waals surface area contributed by atoms with Crippen LogP contribution in [0.2, 0.25) is 0 Å². The fraction of sp³-hybridized carbons (Fsp3) is 0.833. The van der Waals surface area contributed by atoms with Gasteiger partial charge >= 0.3 is 0 Å². The Labute approximate surface area is 112 Å². The third kappa shape index (κ3) is 2.87. The van der Waals surface area contributed by atoms with Crippen LogP contribution < -0.4 is 0 Å². The summed E-state index contributed by atoms with van der Waals surface area (Å²) >= 11 is 1.54. The highest BCUT2D eigenvalue weighted by molar-refractivity contribution is 7.99. The van der Waals surface area contributed by atoms with Gasteiger partial charge in [-0.05, 0) is 25.7 Å². The molecular weight excluding hydrogens is 250 g/mol. The van der Waals surface area contributed by atoms with E-state index in [1.165, 1.54) is 11.8 Å². The lowest BCUT2D eigenvalue weighted by atomic mass is 10.0. The molecule has 1 saturated carbocycles. The summed E-state index contributed by atoms with van der Waals surface area (Å²) < 4.78 is 2.02. The summed E-state index contributed by atoms with van der Waals surface area (Å²) in [7, 11) is 0. The van der Waals surface area contributed by atoms with Crippen molar-refractivity contribution >= 4 is 11.8 Å². The smallest absolute Gasteiger partial charge is 0.191 e. The highest BCUT2D eigenvalue weighted by Gasteiger charge is 2.31. The van der Waals surface area contributed by atoms with E-state index < -0.39 is 5.60 Å².